The molecule has 4 nitrogen and oxygen atoms in total. The highest BCUT2D eigenvalue weighted by Gasteiger charge is 2.34. The van der Waals surface area contributed by atoms with Crippen molar-refractivity contribution in [2.24, 2.45) is 5.92 Å². The van der Waals surface area contributed by atoms with E-state index in [-0.39, 0.29) is 11.7 Å². The Labute approximate surface area is 150 Å². The minimum absolute atomic E-state index is 0.145. The lowest BCUT2D eigenvalue weighted by molar-refractivity contribution is -0.119. The van der Waals surface area contributed by atoms with E-state index in [0.717, 1.165) is 34.7 Å². The number of hydrogen-bond donors (Lipinski definition) is 0. The number of aromatic nitrogens is 2. The zero-order valence-electron chi connectivity index (χ0n) is 14.4. The Kier molecular flexibility index (Phi) is 4.23. The third-order valence-electron chi connectivity index (χ3n) is 4.87. The number of carbonyl (C=O) groups is 1. The third-order valence-corrected chi connectivity index (χ3v) is 5.42. The number of rotatable bonds is 4. The molecule has 0 atom stereocenters. The van der Waals surface area contributed by atoms with Gasteiger partial charge in [-0.15, -0.1) is 0 Å². The molecule has 1 aliphatic carbocycles. The lowest BCUT2D eigenvalue weighted by atomic mass is 9.96. The molecule has 6 heteroatoms. The highest BCUT2D eigenvalue weighted by Crippen LogP contribution is 2.39. The van der Waals surface area contributed by atoms with E-state index in [1.807, 2.05) is 18.1 Å². The molecule has 0 N–H and O–H groups in total. The summed E-state index contributed by atoms with van der Waals surface area (Å²) < 4.78 is 13.5. The van der Waals surface area contributed by atoms with Crippen molar-refractivity contribution in [3.8, 4) is 11.3 Å². The lowest BCUT2D eigenvalue weighted by Gasteiger charge is -2.30. The molecule has 130 valence electrons. The molecule has 2 heterocycles. The van der Waals surface area contributed by atoms with E-state index >= 15 is 0 Å². The van der Waals surface area contributed by atoms with Gasteiger partial charge in [-0.2, -0.15) is 0 Å². The molecular weight excluding hydrogens is 337 g/mol. The van der Waals surface area contributed by atoms with E-state index in [0.29, 0.717) is 23.9 Å². The van der Waals surface area contributed by atoms with Gasteiger partial charge in [-0.1, -0.05) is 11.8 Å². The molecule has 0 unspecified atom stereocenters. The summed E-state index contributed by atoms with van der Waals surface area (Å²) >= 11 is 1.46. The normalized spacial score (nSPS) is 16.9. The van der Waals surface area contributed by atoms with Crippen molar-refractivity contribution in [3.63, 3.8) is 0 Å². The number of benzene rings is 1. The van der Waals surface area contributed by atoms with Gasteiger partial charge in [-0.05, 0) is 62.1 Å². The van der Waals surface area contributed by atoms with Crippen LogP contribution in [0.2, 0.25) is 0 Å². The maximum atomic E-state index is 13.5. The number of halogens is 1. The van der Waals surface area contributed by atoms with Crippen LogP contribution in [0.3, 0.4) is 0 Å². The van der Waals surface area contributed by atoms with E-state index in [2.05, 4.69) is 4.98 Å². The summed E-state index contributed by atoms with van der Waals surface area (Å²) in [6.45, 7) is 2.64. The Morgan fingerprint density at radius 3 is 2.76 bits per heavy atom. The van der Waals surface area contributed by atoms with Crippen molar-refractivity contribution in [2.45, 2.75) is 37.8 Å². The summed E-state index contributed by atoms with van der Waals surface area (Å²) in [5, 5.41) is 0.646. The standard InChI is InChI=1S/C19H20FN3OS/c1-11-9-13(20)5-6-14(11)17-15-7-8-16(24)23(10-12-3-4-12)18(15)22-19(21-17)25-2/h5-6,9,12H,3-4,7-8,10H2,1-2H3. The third kappa shape index (κ3) is 3.15. The Balaban J connectivity index is 1.87. The molecular formula is C19H20FN3OS. The number of amides is 1. The van der Waals surface area contributed by atoms with Crippen LogP contribution in [0.15, 0.2) is 23.4 Å². The first-order valence-electron chi connectivity index (χ1n) is 8.58. The van der Waals surface area contributed by atoms with Crippen LogP contribution < -0.4 is 4.90 Å². The van der Waals surface area contributed by atoms with Gasteiger partial charge in [0.2, 0.25) is 5.91 Å². The molecule has 0 radical (unpaired) electrons. The van der Waals surface area contributed by atoms with Gasteiger partial charge in [-0.3, -0.25) is 9.69 Å². The molecule has 1 aromatic carbocycles. The summed E-state index contributed by atoms with van der Waals surface area (Å²) in [5.74, 6) is 1.24. The van der Waals surface area contributed by atoms with Gasteiger partial charge in [0, 0.05) is 24.1 Å². The summed E-state index contributed by atoms with van der Waals surface area (Å²) in [6.07, 6.45) is 5.41. The molecule has 2 aliphatic rings. The average Bonchev–Trinajstić information content (AvgIpc) is 3.41. The number of anilines is 1. The maximum absolute atomic E-state index is 13.5. The summed E-state index contributed by atoms with van der Waals surface area (Å²) in [5.41, 5.74) is 3.60. The van der Waals surface area contributed by atoms with Crippen LogP contribution in [-0.2, 0) is 11.2 Å². The van der Waals surface area contributed by atoms with Gasteiger partial charge in [0.15, 0.2) is 5.16 Å². The summed E-state index contributed by atoms with van der Waals surface area (Å²) in [7, 11) is 0. The maximum Gasteiger partial charge on any atom is 0.228 e. The molecule has 2 aromatic rings. The molecule has 4 rings (SSSR count). The number of fused-ring (bicyclic) bond motifs is 1. The number of thioether (sulfide) groups is 1. The molecule has 0 bridgehead atoms. The molecule has 1 amide bonds. The Hall–Kier alpha value is -1.95. The lowest BCUT2D eigenvalue weighted by Crippen LogP contribution is -2.38. The molecule has 25 heavy (non-hydrogen) atoms. The second kappa shape index (κ2) is 6.41. The molecule has 1 aromatic heterocycles. The van der Waals surface area contributed by atoms with E-state index < -0.39 is 0 Å². The first-order chi connectivity index (χ1) is 12.1. The van der Waals surface area contributed by atoms with Crippen LogP contribution in [0.1, 0.15) is 30.4 Å². The van der Waals surface area contributed by atoms with Crippen LogP contribution in [0.4, 0.5) is 10.2 Å². The molecule has 1 fully saturated rings. The quantitative estimate of drug-likeness (QED) is 0.613. The van der Waals surface area contributed by atoms with Crippen LogP contribution >= 0.6 is 11.8 Å². The van der Waals surface area contributed by atoms with Crippen LogP contribution in [-0.4, -0.2) is 28.7 Å². The van der Waals surface area contributed by atoms with Gasteiger partial charge in [0.25, 0.3) is 0 Å². The number of aryl methyl sites for hydroxylation is 1. The number of nitrogens with zero attached hydrogens (tertiary/aromatic N) is 3. The summed E-state index contributed by atoms with van der Waals surface area (Å²) in [6, 6.07) is 4.77. The Morgan fingerprint density at radius 1 is 1.28 bits per heavy atom. The van der Waals surface area contributed by atoms with Crippen LogP contribution in [0.5, 0.6) is 0 Å². The van der Waals surface area contributed by atoms with Gasteiger partial charge in [-0.25, -0.2) is 14.4 Å². The highest BCUT2D eigenvalue weighted by atomic mass is 32.2. The zero-order valence-corrected chi connectivity index (χ0v) is 15.2. The smallest absolute Gasteiger partial charge is 0.228 e. The van der Waals surface area contributed by atoms with E-state index in [4.69, 9.17) is 4.98 Å². The van der Waals surface area contributed by atoms with Crippen LogP contribution in [0.25, 0.3) is 11.3 Å². The van der Waals surface area contributed by atoms with E-state index in [1.165, 1.54) is 36.7 Å². The first kappa shape index (κ1) is 16.5. The van der Waals surface area contributed by atoms with Gasteiger partial charge in [0.1, 0.15) is 11.6 Å². The molecule has 0 saturated heterocycles. The van der Waals surface area contributed by atoms with Crippen molar-refractivity contribution < 1.29 is 9.18 Å². The van der Waals surface area contributed by atoms with Crippen molar-refractivity contribution in [3.05, 3.63) is 35.1 Å². The van der Waals surface area contributed by atoms with Crippen LogP contribution in [0, 0.1) is 18.7 Å². The van der Waals surface area contributed by atoms with Gasteiger partial charge in [0.05, 0.1) is 5.69 Å². The fourth-order valence-electron chi connectivity index (χ4n) is 3.34. The van der Waals surface area contributed by atoms with Crippen molar-refractivity contribution in [1.82, 2.24) is 9.97 Å². The fourth-order valence-corrected chi connectivity index (χ4v) is 3.70. The van der Waals surface area contributed by atoms with Crippen molar-refractivity contribution >= 4 is 23.5 Å². The Bertz CT molecular complexity index is 851. The topological polar surface area (TPSA) is 46.1 Å². The zero-order chi connectivity index (χ0) is 17.6. The highest BCUT2D eigenvalue weighted by molar-refractivity contribution is 7.98. The number of carbonyl (C=O) groups excluding carboxylic acids is 1. The predicted octanol–water partition coefficient (Wildman–Crippen LogP) is 4.00. The largest absolute Gasteiger partial charge is 0.296 e. The van der Waals surface area contributed by atoms with Crippen molar-refractivity contribution in [1.29, 1.82) is 0 Å². The molecule has 1 saturated carbocycles. The average molecular weight is 357 g/mol. The second-order valence-electron chi connectivity index (χ2n) is 6.77. The first-order valence-corrected chi connectivity index (χ1v) is 9.81. The van der Waals surface area contributed by atoms with Crippen molar-refractivity contribution in [2.75, 3.05) is 17.7 Å². The summed E-state index contributed by atoms with van der Waals surface area (Å²) in [4.78, 5) is 23.7. The molecule has 0 spiro atoms. The predicted molar refractivity (Wildman–Crippen MR) is 97.3 cm³/mol. The minimum Gasteiger partial charge on any atom is -0.296 e. The second-order valence-corrected chi connectivity index (χ2v) is 7.54. The Morgan fingerprint density at radius 2 is 2.08 bits per heavy atom. The van der Waals surface area contributed by atoms with Gasteiger partial charge >= 0.3 is 0 Å². The fraction of sp³-hybridized carbons (Fsp3) is 0.421. The SMILES string of the molecule is CSc1nc(-c2ccc(F)cc2C)c2c(n1)N(CC1CC1)C(=O)CC2. The van der Waals surface area contributed by atoms with Gasteiger partial charge < -0.3 is 0 Å². The number of hydrogen-bond acceptors (Lipinski definition) is 4. The molecule has 1 aliphatic heterocycles. The monoisotopic (exact) mass is 357 g/mol. The van der Waals surface area contributed by atoms with E-state index in [1.54, 1.807) is 6.07 Å². The minimum atomic E-state index is -0.250. The van der Waals surface area contributed by atoms with E-state index in [9.17, 15) is 9.18 Å².